The zero-order valence-corrected chi connectivity index (χ0v) is 25.4. The van der Waals surface area contributed by atoms with Crippen molar-refractivity contribution in [2.75, 3.05) is 31.1 Å². The van der Waals surface area contributed by atoms with Crippen LogP contribution in [0.5, 0.6) is 0 Å². The molecule has 4 aromatic rings. The van der Waals surface area contributed by atoms with Crippen LogP contribution in [0, 0.1) is 0 Å². The highest BCUT2D eigenvalue weighted by atomic mass is 32.2. The average Bonchev–Trinajstić information content (AvgIpc) is 2.96. The van der Waals surface area contributed by atoms with E-state index in [0.29, 0.717) is 11.1 Å². The molecule has 0 aliphatic carbocycles. The Bertz CT molecular complexity index is 1340. The van der Waals surface area contributed by atoms with Gasteiger partial charge in [-0.05, 0) is 97.4 Å². The van der Waals surface area contributed by atoms with E-state index in [1.54, 1.807) is 71.3 Å². The van der Waals surface area contributed by atoms with E-state index in [-0.39, 0.29) is 11.9 Å². The minimum absolute atomic E-state index is 0.296. The summed E-state index contributed by atoms with van der Waals surface area (Å²) >= 11 is 6.54. The summed E-state index contributed by atoms with van der Waals surface area (Å²) in [5, 5.41) is 0. The quantitative estimate of drug-likeness (QED) is 0.0428. The fraction of sp³-hybridized carbons (Fsp3) is 0.103. The molecule has 0 heterocycles. The minimum Gasteiger partial charge on any atom is -0.465 e. The van der Waals surface area contributed by atoms with Crippen LogP contribution in [0.2, 0.25) is 0 Å². The lowest BCUT2D eigenvalue weighted by Gasteiger charge is -2.06. The number of rotatable bonds is 8. The summed E-state index contributed by atoms with van der Waals surface area (Å²) < 4.78 is 4.68. The number of amides is 1. The smallest absolute Gasteiger partial charge is 0.337 e. The normalized spacial score (nSPS) is 10.3. The maximum atomic E-state index is 11.4. The predicted molar refractivity (Wildman–Crippen MR) is 169 cm³/mol. The molecule has 0 fully saturated rings. The molecule has 0 bridgehead atoms. The SMILES string of the molecule is COC(=O)c1ccc(Sc2cc(N)cc(SC)c2)cc1.CSc1cc(N)cc(Sc2ccc(C(=O)NN)cc2)c1. The molecule has 1 amide bonds. The number of nitrogen functional groups attached to an aromatic ring is 3. The second kappa shape index (κ2) is 15.5. The van der Waals surface area contributed by atoms with Crippen molar-refractivity contribution in [3.8, 4) is 0 Å². The molecular formula is C29H30N4O3S4. The number of ether oxygens (including phenoxy) is 1. The lowest BCUT2D eigenvalue weighted by atomic mass is 10.2. The van der Waals surface area contributed by atoms with Gasteiger partial charge < -0.3 is 16.2 Å². The number of hydrogen-bond acceptors (Lipinski definition) is 10. The number of carbonyl (C=O) groups excluding carboxylic acids is 2. The molecular weight excluding hydrogens is 581 g/mol. The van der Waals surface area contributed by atoms with Crippen LogP contribution in [0.3, 0.4) is 0 Å². The molecule has 7 N–H and O–H groups in total. The zero-order valence-electron chi connectivity index (χ0n) is 22.2. The van der Waals surface area contributed by atoms with Crippen molar-refractivity contribution in [2.24, 2.45) is 5.84 Å². The summed E-state index contributed by atoms with van der Waals surface area (Å²) in [7, 11) is 1.38. The Morgan fingerprint density at radius 1 is 0.625 bits per heavy atom. The van der Waals surface area contributed by atoms with Crippen LogP contribution < -0.4 is 22.7 Å². The molecule has 0 aliphatic heterocycles. The number of esters is 1. The van der Waals surface area contributed by atoms with Crippen LogP contribution in [0.15, 0.2) is 114 Å². The fourth-order valence-corrected chi connectivity index (χ4v) is 6.34. The summed E-state index contributed by atoms with van der Waals surface area (Å²) in [5.74, 6) is 4.47. The molecule has 0 saturated heterocycles. The van der Waals surface area contributed by atoms with E-state index in [9.17, 15) is 9.59 Å². The largest absolute Gasteiger partial charge is 0.465 e. The van der Waals surface area contributed by atoms with Crippen molar-refractivity contribution in [3.05, 3.63) is 96.1 Å². The van der Waals surface area contributed by atoms with E-state index in [4.69, 9.17) is 17.3 Å². The summed E-state index contributed by atoms with van der Waals surface area (Å²) in [6.07, 6.45) is 4.04. The Balaban J connectivity index is 0.000000220. The van der Waals surface area contributed by atoms with Gasteiger partial charge in [0.15, 0.2) is 0 Å². The lowest BCUT2D eigenvalue weighted by Crippen LogP contribution is -2.29. The van der Waals surface area contributed by atoms with Crippen LogP contribution in [0.25, 0.3) is 0 Å². The van der Waals surface area contributed by atoms with Gasteiger partial charge in [-0.2, -0.15) is 0 Å². The average molecular weight is 611 g/mol. The molecule has 11 heteroatoms. The van der Waals surface area contributed by atoms with Gasteiger partial charge in [0, 0.05) is 46.3 Å². The number of benzene rings is 4. The van der Waals surface area contributed by atoms with Gasteiger partial charge in [0.25, 0.3) is 5.91 Å². The highest BCUT2D eigenvalue weighted by Crippen LogP contribution is 2.33. The maximum absolute atomic E-state index is 11.4. The van der Waals surface area contributed by atoms with E-state index in [1.165, 1.54) is 7.11 Å². The Morgan fingerprint density at radius 3 is 1.40 bits per heavy atom. The van der Waals surface area contributed by atoms with E-state index in [2.05, 4.69) is 22.3 Å². The summed E-state index contributed by atoms with van der Waals surface area (Å²) in [6.45, 7) is 0. The van der Waals surface area contributed by atoms with Gasteiger partial charge in [-0.1, -0.05) is 23.5 Å². The topological polar surface area (TPSA) is 133 Å². The molecule has 0 radical (unpaired) electrons. The number of hydrazine groups is 1. The summed E-state index contributed by atoms with van der Waals surface area (Å²) in [5.41, 5.74) is 16.5. The third-order valence-electron chi connectivity index (χ3n) is 5.27. The highest BCUT2D eigenvalue weighted by molar-refractivity contribution is 8.00. The van der Waals surface area contributed by atoms with Crippen molar-refractivity contribution in [3.63, 3.8) is 0 Å². The fourth-order valence-electron chi connectivity index (χ4n) is 3.35. The number of nitrogens with one attached hydrogen (secondary N) is 1. The summed E-state index contributed by atoms with van der Waals surface area (Å²) in [6, 6.07) is 26.5. The van der Waals surface area contributed by atoms with Crippen LogP contribution in [0.4, 0.5) is 11.4 Å². The Hall–Kier alpha value is -3.22. The number of carbonyl (C=O) groups is 2. The van der Waals surface area contributed by atoms with Crippen molar-refractivity contribution in [1.82, 2.24) is 5.43 Å². The van der Waals surface area contributed by atoms with Crippen LogP contribution in [0.1, 0.15) is 20.7 Å². The van der Waals surface area contributed by atoms with Crippen LogP contribution >= 0.6 is 47.0 Å². The molecule has 0 unspecified atom stereocenters. The summed E-state index contributed by atoms with van der Waals surface area (Å²) in [4.78, 5) is 29.2. The molecule has 208 valence electrons. The first kappa shape index (κ1) is 31.3. The van der Waals surface area contributed by atoms with Gasteiger partial charge >= 0.3 is 5.97 Å². The molecule has 0 aliphatic rings. The molecule has 7 nitrogen and oxygen atoms in total. The third kappa shape index (κ3) is 9.46. The van der Waals surface area contributed by atoms with Crippen molar-refractivity contribution < 1.29 is 14.3 Å². The first-order chi connectivity index (χ1) is 19.2. The van der Waals surface area contributed by atoms with E-state index in [0.717, 1.165) is 40.7 Å². The maximum Gasteiger partial charge on any atom is 0.337 e. The molecule has 4 rings (SSSR count). The molecule has 40 heavy (non-hydrogen) atoms. The molecule has 0 aromatic heterocycles. The second-order valence-corrected chi connectivity index (χ2v) is 12.2. The van der Waals surface area contributed by atoms with Gasteiger partial charge in [-0.25, -0.2) is 10.6 Å². The van der Waals surface area contributed by atoms with Gasteiger partial charge in [0.2, 0.25) is 0 Å². The standard InChI is InChI=1S/C15H15NO2S2.C14H15N3OS2/c1-18-15(17)10-3-5-12(6-4-10)20-14-8-11(16)7-13(9-14)19-2;1-19-12-6-10(15)7-13(8-12)20-11-4-2-9(3-5-11)14(18)17-16/h3-9H,16H2,1-2H3;2-8H,15-16H2,1H3,(H,17,18). The number of nitrogens with two attached hydrogens (primary N) is 3. The Morgan fingerprint density at radius 2 is 1.02 bits per heavy atom. The number of hydrogen-bond donors (Lipinski definition) is 4. The van der Waals surface area contributed by atoms with Crippen molar-refractivity contribution in [1.29, 1.82) is 0 Å². The lowest BCUT2D eigenvalue weighted by molar-refractivity contribution is 0.0600. The number of methoxy groups -OCH3 is 1. The molecule has 4 aromatic carbocycles. The first-order valence-corrected chi connectivity index (χ1v) is 15.9. The minimum atomic E-state index is -0.324. The van der Waals surface area contributed by atoms with Crippen LogP contribution in [-0.4, -0.2) is 31.5 Å². The molecule has 0 saturated carbocycles. The van der Waals surface area contributed by atoms with Crippen molar-refractivity contribution in [2.45, 2.75) is 29.4 Å². The molecule has 0 atom stereocenters. The van der Waals surface area contributed by atoms with Crippen molar-refractivity contribution >= 4 is 70.3 Å². The second-order valence-electron chi connectivity index (χ2n) is 8.10. The van der Waals surface area contributed by atoms with E-state index >= 15 is 0 Å². The van der Waals surface area contributed by atoms with Gasteiger partial charge in [-0.3, -0.25) is 10.2 Å². The Labute approximate surface area is 251 Å². The number of anilines is 2. The third-order valence-corrected chi connectivity index (χ3v) is 8.64. The highest BCUT2D eigenvalue weighted by Gasteiger charge is 2.07. The van der Waals surface area contributed by atoms with Gasteiger partial charge in [0.05, 0.1) is 12.7 Å². The van der Waals surface area contributed by atoms with Gasteiger partial charge in [0.1, 0.15) is 0 Å². The Kier molecular flexibility index (Phi) is 12.2. The first-order valence-electron chi connectivity index (χ1n) is 11.8. The van der Waals surface area contributed by atoms with E-state index < -0.39 is 0 Å². The monoisotopic (exact) mass is 610 g/mol. The predicted octanol–water partition coefficient (Wildman–Crippen LogP) is 6.67. The van der Waals surface area contributed by atoms with Crippen LogP contribution in [-0.2, 0) is 4.74 Å². The zero-order chi connectivity index (χ0) is 29.1. The number of thioether (sulfide) groups is 2. The van der Waals surface area contributed by atoms with Gasteiger partial charge in [-0.15, -0.1) is 23.5 Å². The molecule has 0 spiro atoms. The van der Waals surface area contributed by atoms with E-state index in [1.807, 2.05) is 61.0 Å².